The van der Waals surface area contributed by atoms with Crippen molar-refractivity contribution in [3.8, 4) is 11.5 Å². The molecule has 0 aliphatic rings. The van der Waals surface area contributed by atoms with Gasteiger partial charge in [-0.2, -0.15) is 0 Å². The highest BCUT2D eigenvalue weighted by atomic mass is 16.6. The second-order valence-electron chi connectivity index (χ2n) is 5.39. The number of hydrogen-bond acceptors (Lipinski definition) is 6. The second-order valence-corrected chi connectivity index (χ2v) is 5.39. The average molecular weight is 290 g/mol. The molecule has 2 aromatic rings. The van der Waals surface area contributed by atoms with Crippen LogP contribution in [0.4, 0.5) is 11.7 Å². The van der Waals surface area contributed by atoms with Crippen molar-refractivity contribution in [2.45, 2.75) is 20.8 Å². The van der Waals surface area contributed by atoms with Crippen LogP contribution in [0.15, 0.2) is 28.7 Å². The SMILES string of the molecule is CC(C)(C)C(=O)Nc1nnc(-c2ccccc2[N+](=O)[O-])o1. The molecule has 1 N–H and O–H groups in total. The molecule has 0 radical (unpaired) electrons. The molecule has 1 amide bonds. The van der Waals surface area contributed by atoms with Gasteiger partial charge in [0.15, 0.2) is 0 Å². The third kappa shape index (κ3) is 3.22. The third-order valence-electron chi connectivity index (χ3n) is 2.66. The minimum absolute atomic E-state index is 0.0218. The molecule has 0 bridgehead atoms. The molecule has 110 valence electrons. The average Bonchev–Trinajstić information content (AvgIpc) is 2.86. The van der Waals surface area contributed by atoms with Crippen LogP contribution in [-0.4, -0.2) is 21.0 Å². The number of nitro benzene ring substituents is 1. The van der Waals surface area contributed by atoms with Crippen molar-refractivity contribution in [3.05, 3.63) is 34.4 Å². The summed E-state index contributed by atoms with van der Waals surface area (Å²) >= 11 is 0. The normalized spacial score (nSPS) is 11.2. The van der Waals surface area contributed by atoms with E-state index in [0.29, 0.717) is 0 Å². The maximum absolute atomic E-state index is 11.8. The maximum Gasteiger partial charge on any atom is 0.322 e. The standard InChI is InChI=1S/C13H14N4O4/c1-13(2,3)11(18)14-12-16-15-10(21-12)8-6-4-5-7-9(8)17(19)20/h4-7H,1-3H3,(H,14,16,18). The van der Waals surface area contributed by atoms with E-state index >= 15 is 0 Å². The van der Waals surface area contributed by atoms with Crippen LogP contribution in [0.25, 0.3) is 11.5 Å². The Morgan fingerprint density at radius 3 is 2.57 bits per heavy atom. The first-order valence-electron chi connectivity index (χ1n) is 6.18. The van der Waals surface area contributed by atoms with Gasteiger partial charge in [0.2, 0.25) is 5.91 Å². The molecule has 8 nitrogen and oxygen atoms in total. The number of hydrogen-bond donors (Lipinski definition) is 1. The first kappa shape index (κ1) is 14.6. The number of aromatic nitrogens is 2. The molecule has 0 atom stereocenters. The highest BCUT2D eigenvalue weighted by Crippen LogP contribution is 2.29. The summed E-state index contributed by atoms with van der Waals surface area (Å²) in [6.45, 7) is 5.21. The van der Waals surface area contributed by atoms with Crippen LogP contribution in [-0.2, 0) is 4.79 Å². The number of carbonyl (C=O) groups excluding carboxylic acids is 1. The van der Waals surface area contributed by atoms with E-state index in [0.717, 1.165) is 0 Å². The summed E-state index contributed by atoms with van der Waals surface area (Å²) in [4.78, 5) is 22.2. The first-order chi connectivity index (χ1) is 9.79. The van der Waals surface area contributed by atoms with Crippen LogP contribution in [0, 0.1) is 15.5 Å². The van der Waals surface area contributed by atoms with Crippen LogP contribution in [0.5, 0.6) is 0 Å². The smallest absolute Gasteiger partial charge is 0.322 e. The third-order valence-corrected chi connectivity index (χ3v) is 2.66. The van der Waals surface area contributed by atoms with E-state index in [2.05, 4.69) is 15.5 Å². The molecule has 1 heterocycles. The molecule has 1 aromatic carbocycles. The lowest BCUT2D eigenvalue weighted by molar-refractivity contribution is -0.384. The van der Waals surface area contributed by atoms with E-state index < -0.39 is 10.3 Å². The maximum atomic E-state index is 11.8. The molecular formula is C13H14N4O4. The van der Waals surface area contributed by atoms with E-state index in [1.54, 1.807) is 32.9 Å². The molecule has 0 unspecified atom stereocenters. The fourth-order valence-corrected chi connectivity index (χ4v) is 1.48. The lowest BCUT2D eigenvalue weighted by Gasteiger charge is -2.15. The van der Waals surface area contributed by atoms with Gasteiger partial charge in [-0.05, 0) is 6.07 Å². The number of nitrogens with zero attached hydrogens (tertiary/aromatic N) is 3. The Hall–Kier alpha value is -2.77. The van der Waals surface area contributed by atoms with Crippen LogP contribution in [0.3, 0.4) is 0 Å². The van der Waals surface area contributed by atoms with Crippen molar-refractivity contribution >= 4 is 17.6 Å². The summed E-state index contributed by atoms with van der Waals surface area (Å²) in [7, 11) is 0. The Labute approximate surface area is 120 Å². The Morgan fingerprint density at radius 2 is 1.95 bits per heavy atom. The van der Waals surface area contributed by atoms with E-state index in [1.165, 1.54) is 12.1 Å². The fourth-order valence-electron chi connectivity index (χ4n) is 1.48. The summed E-state index contributed by atoms with van der Waals surface area (Å²) in [5.74, 6) is -0.313. The largest absolute Gasteiger partial charge is 0.403 e. The van der Waals surface area contributed by atoms with E-state index in [4.69, 9.17) is 4.42 Å². The lowest BCUT2D eigenvalue weighted by atomic mass is 9.96. The number of nitrogens with one attached hydrogen (secondary N) is 1. The molecule has 0 aliphatic carbocycles. The van der Waals surface area contributed by atoms with Gasteiger partial charge < -0.3 is 4.42 Å². The van der Waals surface area contributed by atoms with Crippen LogP contribution >= 0.6 is 0 Å². The topological polar surface area (TPSA) is 111 Å². The Morgan fingerprint density at radius 1 is 1.29 bits per heavy atom. The molecular weight excluding hydrogens is 276 g/mol. The van der Waals surface area contributed by atoms with Gasteiger partial charge >= 0.3 is 6.01 Å². The van der Waals surface area contributed by atoms with Crippen molar-refractivity contribution in [2.75, 3.05) is 5.32 Å². The Bertz CT molecular complexity index is 687. The number of benzene rings is 1. The molecule has 1 aromatic heterocycles. The van der Waals surface area contributed by atoms with Crippen molar-refractivity contribution in [1.29, 1.82) is 0 Å². The number of carbonyl (C=O) groups is 1. The second kappa shape index (κ2) is 5.31. The number of nitro groups is 1. The van der Waals surface area contributed by atoms with Gasteiger partial charge in [0.25, 0.3) is 11.6 Å². The van der Waals surface area contributed by atoms with Crippen molar-refractivity contribution in [1.82, 2.24) is 10.2 Å². The van der Waals surface area contributed by atoms with Crippen LogP contribution in [0.2, 0.25) is 0 Å². The molecule has 0 fully saturated rings. The van der Waals surface area contributed by atoms with Gasteiger partial charge in [-0.1, -0.05) is 38.0 Å². The van der Waals surface area contributed by atoms with Gasteiger partial charge in [-0.3, -0.25) is 20.2 Å². The minimum atomic E-state index is -0.618. The summed E-state index contributed by atoms with van der Waals surface area (Å²) in [6, 6.07) is 5.91. The predicted molar refractivity (Wildman–Crippen MR) is 74.5 cm³/mol. The molecule has 2 rings (SSSR count). The Kier molecular flexibility index (Phi) is 3.70. The number of amides is 1. The number of para-hydroxylation sites is 1. The van der Waals surface area contributed by atoms with Crippen molar-refractivity contribution in [3.63, 3.8) is 0 Å². The number of rotatable bonds is 3. The van der Waals surface area contributed by atoms with Gasteiger partial charge in [-0.25, -0.2) is 0 Å². The highest BCUT2D eigenvalue weighted by molar-refractivity contribution is 5.92. The van der Waals surface area contributed by atoms with Crippen molar-refractivity contribution in [2.24, 2.45) is 5.41 Å². The van der Waals surface area contributed by atoms with Gasteiger partial charge in [0.05, 0.1) is 4.92 Å². The summed E-state index contributed by atoms with van der Waals surface area (Å²) in [5.41, 5.74) is -0.561. The van der Waals surface area contributed by atoms with Gasteiger partial charge in [0, 0.05) is 11.5 Å². The van der Waals surface area contributed by atoms with Crippen molar-refractivity contribution < 1.29 is 14.1 Å². The molecule has 0 spiro atoms. The zero-order valence-corrected chi connectivity index (χ0v) is 11.8. The van der Waals surface area contributed by atoms with Gasteiger partial charge in [-0.15, -0.1) is 5.10 Å². The van der Waals surface area contributed by atoms with Crippen LogP contribution in [0.1, 0.15) is 20.8 Å². The van der Waals surface area contributed by atoms with E-state index in [9.17, 15) is 14.9 Å². The van der Waals surface area contributed by atoms with E-state index in [1.807, 2.05) is 0 Å². The predicted octanol–water partition coefficient (Wildman–Crippen LogP) is 2.63. The summed E-state index contributed by atoms with van der Waals surface area (Å²) in [5, 5.41) is 20.8. The number of anilines is 1. The monoisotopic (exact) mass is 290 g/mol. The zero-order valence-electron chi connectivity index (χ0n) is 11.8. The molecule has 21 heavy (non-hydrogen) atoms. The highest BCUT2D eigenvalue weighted by Gasteiger charge is 2.24. The van der Waals surface area contributed by atoms with E-state index in [-0.39, 0.29) is 29.1 Å². The van der Waals surface area contributed by atoms with Gasteiger partial charge in [0.1, 0.15) is 5.56 Å². The summed E-state index contributed by atoms with van der Waals surface area (Å²) < 4.78 is 5.27. The summed E-state index contributed by atoms with van der Waals surface area (Å²) in [6.07, 6.45) is 0. The molecule has 0 saturated carbocycles. The van der Waals surface area contributed by atoms with Crippen LogP contribution < -0.4 is 5.32 Å². The minimum Gasteiger partial charge on any atom is -0.403 e. The molecule has 0 aliphatic heterocycles. The quantitative estimate of drug-likeness (QED) is 0.687. The molecule has 8 heteroatoms. The fraction of sp³-hybridized carbons (Fsp3) is 0.308. The Balaban J connectivity index is 2.29. The lowest BCUT2D eigenvalue weighted by Crippen LogP contribution is -2.27. The first-order valence-corrected chi connectivity index (χ1v) is 6.18. The zero-order chi connectivity index (χ0) is 15.6. The molecule has 0 saturated heterocycles.